The van der Waals surface area contributed by atoms with E-state index in [4.69, 9.17) is 0 Å². The van der Waals surface area contributed by atoms with Crippen molar-refractivity contribution < 1.29 is 9.59 Å². The molecule has 0 aliphatic rings. The van der Waals surface area contributed by atoms with E-state index >= 15 is 0 Å². The average molecular weight is 301 g/mol. The summed E-state index contributed by atoms with van der Waals surface area (Å²) in [5.41, 5.74) is 3.84. The Bertz CT molecular complexity index is 673. The van der Waals surface area contributed by atoms with Crippen molar-refractivity contribution in [2.75, 3.05) is 17.2 Å². The van der Waals surface area contributed by atoms with E-state index in [0.29, 0.717) is 17.1 Å². The SMILES string of the molecule is Cc1cccc(NC(=O)NCC(=O)Nc2c(C)n[nH]c2C)c1. The molecule has 0 bridgehead atoms. The van der Waals surface area contributed by atoms with Crippen molar-refractivity contribution in [3.05, 3.63) is 41.2 Å². The first-order valence-corrected chi connectivity index (χ1v) is 6.88. The van der Waals surface area contributed by atoms with Crippen molar-refractivity contribution >= 4 is 23.3 Å². The zero-order valence-electron chi connectivity index (χ0n) is 12.8. The summed E-state index contributed by atoms with van der Waals surface area (Å²) in [6.45, 7) is 5.41. The van der Waals surface area contributed by atoms with E-state index in [1.165, 1.54) is 0 Å². The van der Waals surface area contributed by atoms with Crippen LogP contribution in [0, 0.1) is 20.8 Å². The molecule has 0 unspecified atom stereocenters. The number of H-pyrrole nitrogens is 1. The van der Waals surface area contributed by atoms with E-state index < -0.39 is 6.03 Å². The zero-order valence-corrected chi connectivity index (χ0v) is 12.8. The van der Waals surface area contributed by atoms with E-state index in [2.05, 4.69) is 26.1 Å². The van der Waals surface area contributed by atoms with E-state index in [0.717, 1.165) is 11.3 Å². The number of benzene rings is 1. The fraction of sp³-hybridized carbons (Fsp3) is 0.267. The highest BCUT2D eigenvalue weighted by molar-refractivity contribution is 5.97. The first kappa shape index (κ1) is 15.6. The number of aromatic nitrogens is 2. The number of carbonyl (C=O) groups excluding carboxylic acids is 2. The van der Waals surface area contributed by atoms with Gasteiger partial charge in [-0.2, -0.15) is 5.10 Å². The van der Waals surface area contributed by atoms with E-state index in [1.54, 1.807) is 13.0 Å². The predicted octanol–water partition coefficient (Wildman–Crippen LogP) is 2.10. The Balaban J connectivity index is 1.82. The molecule has 3 amide bonds. The van der Waals surface area contributed by atoms with Crippen LogP contribution in [0.5, 0.6) is 0 Å². The molecule has 2 rings (SSSR count). The quantitative estimate of drug-likeness (QED) is 0.696. The molecular formula is C15H19N5O2. The van der Waals surface area contributed by atoms with Crippen LogP contribution in [0.15, 0.2) is 24.3 Å². The van der Waals surface area contributed by atoms with Gasteiger partial charge in [-0.05, 0) is 38.5 Å². The molecule has 1 heterocycles. The smallest absolute Gasteiger partial charge is 0.319 e. The molecule has 0 fully saturated rings. The molecule has 0 aliphatic carbocycles. The number of anilines is 2. The van der Waals surface area contributed by atoms with Crippen LogP contribution in [-0.2, 0) is 4.79 Å². The molecular weight excluding hydrogens is 282 g/mol. The Kier molecular flexibility index (Phi) is 4.77. The van der Waals surface area contributed by atoms with Crippen LogP contribution in [0.1, 0.15) is 17.0 Å². The summed E-state index contributed by atoms with van der Waals surface area (Å²) in [6.07, 6.45) is 0. The number of nitrogens with zero attached hydrogens (tertiary/aromatic N) is 1. The van der Waals surface area contributed by atoms with Gasteiger partial charge in [-0.15, -0.1) is 0 Å². The van der Waals surface area contributed by atoms with E-state index in [1.807, 2.05) is 32.0 Å². The number of hydrogen-bond acceptors (Lipinski definition) is 3. The lowest BCUT2D eigenvalue weighted by Crippen LogP contribution is -2.35. The molecule has 1 aromatic heterocycles. The highest BCUT2D eigenvalue weighted by Crippen LogP contribution is 2.15. The summed E-state index contributed by atoms with van der Waals surface area (Å²) in [4.78, 5) is 23.6. The summed E-state index contributed by atoms with van der Waals surface area (Å²) in [6, 6.07) is 6.98. The van der Waals surface area contributed by atoms with Crippen LogP contribution in [-0.4, -0.2) is 28.7 Å². The molecule has 0 saturated heterocycles. The first-order valence-electron chi connectivity index (χ1n) is 6.88. The van der Waals surface area contributed by atoms with Crippen molar-refractivity contribution in [3.8, 4) is 0 Å². The van der Waals surface area contributed by atoms with Gasteiger partial charge in [0.2, 0.25) is 5.91 Å². The van der Waals surface area contributed by atoms with Crippen LogP contribution in [0.2, 0.25) is 0 Å². The standard InChI is InChI=1S/C15H19N5O2/c1-9-5-4-6-12(7-9)17-15(22)16-8-13(21)18-14-10(2)19-20-11(14)3/h4-7H,8H2,1-3H3,(H,18,21)(H,19,20)(H2,16,17,22). The Morgan fingerprint density at radius 1 is 1.18 bits per heavy atom. The molecule has 7 nitrogen and oxygen atoms in total. The molecule has 0 aliphatic heterocycles. The van der Waals surface area contributed by atoms with Gasteiger partial charge in [0.15, 0.2) is 0 Å². The van der Waals surface area contributed by atoms with E-state index in [-0.39, 0.29) is 12.5 Å². The van der Waals surface area contributed by atoms with Crippen molar-refractivity contribution in [1.82, 2.24) is 15.5 Å². The van der Waals surface area contributed by atoms with Crippen LogP contribution in [0.4, 0.5) is 16.2 Å². The minimum absolute atomic E-state index is 0.123. The summed E-state index contributed by atoms with van der Waals surface area (Å²) in [5.74, 6) is -0.313. The molecule has 7 heteroatoms. The molecule has 0 saturated carbocycles. The molecule has 2 aromatic rings. The van der Waals surface area contributed by atoms with Crippen molar-refractivity contribution in [2.24, 2.45) is 0 Å². The van der Waals surface area contributed by atoms with Crippen molar-refractivity contribution in [3.63, 3.8) is 0 Å². The van der Waals surface area contributed by atoms with Crippen molar-refractivity contribution in [1.29, 1.82) is 0 Å². The van der Waals surface area contributed by atoms with Crippen LogP contribution >= 0.6 is 0 Å². The third-order valence-corrected chi connectivity index (χ3v) is 3.08. The Labute approximate surface area is 128 Å². The monoisotopic (exact) mass is 301 g/mol. The maximum atomic E-state index is 11.8. The van der Waals surface area contributed by atoms with Crippen LogP contribution in [0.25, 0.3) is 0 Å². The van der Waals surface area contributed by atoms with Gasteiger partial charge >= 0.3 is 6.03 Å². The molecule has 116 valence electrons. The number of carbonyl (C=O) groups is 2. The topological polar surface area (TPSA) is 98.9 Å². The Hall–Kier alpha value is -2.83. The largest absolute Gasteiger partial charge is 0.329 e. The maximum absolute atomic E-state index is 11.8. The van der Waals surface area contributed by atoms with Crippen LogP contribution < -0.4 is 16.0 Å². The molecule has 1 aromatic carbocycles. The second kappa shape index (κ2) is 6.75. The van der Waals surface area contributed by atoms with Gasteiger partial charge in [0.25, 0.3) is 0 Å². The third kappa shape index (κ3) is 4.08. The highest BCUT2D eigenvalue weighted by atomic mass is 16.2. The second-order valence-corrected chi connectivity index (χ2v) is 5.03. The Morgan fingerprint density at radius 2 is 1.95 bits per heavy atom. The third-order valence-electron chi connectivity index (χ3n) is 3.08. The lowest BCUT2D eigenvalue weighted by Gasteiger charge is -2.09. The van der Waals surface area contributed by atoms with Crippen LogP contribution in [0.3, 0.4) is 0 Å². The summed E-state index contributed by atoms with van der Waals surface area (Å²) >= 11 is 0. The number of urea groups is 1. The number of rotatable bonds is 4. The molecule has 0 spiro atoms. The van der Waals surface area contributed by atoms with Gasteiger partial charge in [0.1, 0.15) is 0 Å². The highest BCUT2D eigenvalue weighted by Gasteiger charge is 2.11. The van der Waals surface area contributed by atoms with E-state index in [9.17, 15) is 9.59 Å². The summed E-state index contributed by atoms with van der Waals surface area (Å²) in [7, 11) is 0. The van der Waals surface area contributed by atoms with Gasteiger partial charge in [0, 0.05) is 5.69 Å². The van der Waals surface area contributed by atoms with Gasteiger partial charge < -0.3 is 16.0 Å². The minimum Gasteiger partial charge on any atom is -0.329 e. The molecule has 22 heavy (non-hydrogen) atoms. The molecule has 4 N–H and O–H groups in total. The summed E-state index contributed by atoms with van der Waals surface area (Å²) in [5, 5.41) is 14.7. The normalized spacial score (nSPS) is 10.1. The molecule has 0 radical (unpaired) electrons. The number of aryl methyl sites for hydroxylation is 3. The Morgan fingerprint density at radius 3 is 2.59 bits per heavy atom. The minimum atomic E-state index is -0.429. The van der Waals surface area contributed by atoms with Crippen molar-refractivity contribution in [2.45, 2.75) is 20.8 Å². The fourth-order valence-corrected chi connectivity index (χ4v) is 1.98. The first-order chi connectivity index (χ1) is 10.5. The maximum Gasteiger partial charge on any atom is 0.319 e. The van der Waals surface area contributed by atoms with Gasteiger partial charge in [0.05, 0.1) is 23.6 Å². The second-order valence-electron chi connectivity index (χ2n) is 5.03. The summed E-state index contributed by atoms with van der Waals surface area (Å²) < 4.78 is 0. The van der Waals surface area contributed by atoms with Gasteiger partial charge in [-0.3, -0.25) is 9.89 Å². The predicted molar refractivity (Wildman–Crippen MR) is 84.9 cm³/mol. The molecule has 0 atom stereocenters. The number of hydrogen-bond donors (Lipinski definition) is 4. The average Bonchev–Trinajstić information content (AvgIpc) is 2.77. The van der Waals surface area contributed by atoms with Gasteiger partial charge in [-0.1, -0.05) is 12.1 Å². The fourth-order valence-electron chi connectivity index (χ4n) is 1.98. The number of nitrogens with one attached hydrogen (secondary N) is 4. The lowest BCUT2D eigenvalue weighted by atomic mass is 10.2. The lowest BCUT2D eigenvalue weighted by molar-refractivity contribution is -0.115. The van der Waals surface area contributed by atoms with Gasteiger partial charge in [-0.25, -0.2) is 4.79 Å². The number of aromatic amines is 1. The zero-order chi connectivity index (χ0) is 16.1. The number of amides is 3.